The topological polar surface area (TPSA) is 46.3 Å². The summed E-state index contributed by atoms with van der Waals surface area (Å²) in [5, 5.41) is 0. The van der Waals surface area contributed by atoms with Gasteiger partial charge in [0.15, 0.2) is 11.7 Å². The number of aromatic nitrogens is 1. The standard InChI is InChI=1S/C22H22N2O2/c1-24(19-12-11-16-7-5-6-10-18(16)19)22(25)14-13-21-23-15-20(26-21)17-8-3-2-4-9-17/h2-10,15,19H,11-14H2,1H3/t19-/m1/s1. The molecule has 1 atom stereocenters. The second-order valence-electron chi connectivity index (χ2n) is 6.74. The summed E-state index contributed by atoms with van der Waals surface area (Å²) in [6.45, 7) is 0. The first-order valence-corrected chi connectivity index (χ1v) is 9.06. The number of nitrogens with zero attached hydrogens (tertiary/aromatic N) is 2. The van der Waals surface area contributed by atoms with Crippen molar-refractivity contribution < 1.29 is 9.21 Å². The highest BCUT2D eigenvalue weighted by molar-refractivity contribution is 5.76. The van der Waals surface area contributed by atoms with Gasteiger partial charge >= 0.3 is 0 Å². The number of hydrogen-bond donors (Lipinski definition) is 0. The van der Waals surface area contributed by atoms with E-state index in [4.69, 9.17) is 4.42 Å². The molecule has 0 radical (unpaired) electrons. The number of carbonyl (C=O) groups excluding carboxylic acids is 1. The zero-order valence-electron chi connectivity index (χ0n) is 14.9. The molecule has 1 aromatic heterocycles. The Labute approximate surface area is 153 Å². The molecule has 0 unspecified atom stereocenters. The summed E-state index contributed by atoms with van der Waals surface area (Å²) in [4.78, 5) is 18.8. The lowest BCUT2D eigenvalue weighted by atomic mass is 10.1. The van der Waals surface area contributed by atoms with Crippen molar-refractivity contribution in [2.45, 2.75) is 31.7 Å². The second kappa shape index (κ2) is 7.16. The first-order chi connectivity index (χ1) is 12.7. The van der Waals surface area contributed by atoms with Crippen molar-refractivity contribution >= 4 is 5.91 Å². The van der Waals surface area contributed by atoms with Crippen LogP contribution in [-0.4, -0.2) is 22.8 Å². The van der Waals surface area contributed by atoms with Crippen molar-refractivity contribution in [1.29, 1.82) is 0 Å². The minimum Gasteiger partial charge on any atom is -0.441 e. The zero-order valence-corrected chi connectivity index (χ0v) is 14.9. The predicted octanol–water partition coefficient (Wildman–Crippen LogP) is 4.42. The second-order valence-corrected chi connectivity index (χ2v) is 6.74. The number of fused-ring (bicyclic) bond motifs is 1. The van der Waals surface area contributed by atoms with Crippen LogP contribution in [0, 0.1) is 0 Å². The minimum absolute atomic E-state index is 0.131. The van der Waals surface area contributed by atoms with Crippen LogP contribution in [0.25, 0.3) is 11.3 Å². The van der Waals surface area contributed by atoms with Gasteiger partial charge in [-0.25, -0.2) is 4.98 Å². The number of aryl methyl sites for hydroxylation is 2. The number of rotatable bonds is 5. The van der Waals surface area contributed by atoms with Gasteiger partial charge < -0.3 is 9.32 Å². The van der Waals surface area contributed by atoms with Crippen LogP contribution in [0.5, 0.6) is 0 Å². The van der Waals surface area contributed by atoms with Crippen LogP contribution < -0.4 is 0 Å². The van der Waals surface area contributed by atoms with E-state index in [9.17, 15) is 4.79 Å². The van der Waals surface area contributed by atoms with Crippen LogP contribution in [0.4, 0.5) is 0 Å². The molecule has 2 aromatic carbocycles. The van der Waals surface area contributed by atoms with E-state index < -0.39 is 0 Å². The fraction of sp³-hybridized carbons (Fsp3) is 0.273. The Morgan fingerprint density at radius 2 is 1.92 bits per heavy atom. The van der Waals surface area contributed by atoms with E-state index in [-0.39, 0.29) is 11.9 Å². The number of amides is 1. The molecule has 1 aliphatic rings. The molecule has 1 amide bonds. The van der Waals surface area contributed by atoms with Gasteiger partial charge in [-0.15, -0.1) is 0 Å². The smallest absolute Gasteiger partial charge is 0.223 e. The molecule has 132 valence electrons. The summed E-state index contributed by atoms with van der Waals surface area (Å²) in [6.07, 6.45) is 4.69. The van der Waals surface area contributed by atoms with Crippen molar-refractivity contribution in [3.05, 3.63) is 77.8 Å². The number of carbonyl (C=O) groups is 1. The molecule has 0 aliphatic heterocycles. The van der Waals surface area contributed by atoms with E-state index in [1.54, 1.807) is 6.20 Å². The first kappa shape index (κ1) is 16.6. The van der Waals surface area contributed by atoms with Gasteiger partial charge in [-0.3, -0.25) is 4.79 Å². The first-order valence-electron chi connectivity index (χ1n) is 9.06. The van der Waals surface area contributed by atoms with Crippen molar-refractivity contribution in [1.82, 2.24) is 9.88 Å². The van der Waals surface area contributed by atoms with Crippen molar-refractivity contribution in [2.75, 3.05) is 7.05 Å². The molecular weight excluding hydrogens is 324 g/mol. The van der Waals surface area contributed by atoms with Crippen LogP contribution >= 0.6 is 0 Å². The Bertz CT molecular complexity index is 901. The molecule has 4 nitrogen and oxygen atoms in total. The molecular formula is C22H22N2O2. The molecule has 0 bridgehead atoms. The number of hydrogen-bond acceptors (Lipinski definition) is 3. The van der Waals surface area contributed by atoms with Crippen molar-refractivity contribution in [3.8, 4) is 11.3 Å². The van der Waals surface area contributed by atoms with E-state index in [2.05, 4.69) is 23.2 Å². The van der Waals surface area contributed by atoms with Gasteiger partial charge in [-0.1, -0.05) is 54.6 Å². The fourth-order valence-electron chi connectivity index (χ4n) is 3.66. The molecule has 0 saturated heterocycles. The lowest BCUT2D eigenvalue weighted by molar-refractivity contribution is -0.132. The minimum atomic E-state index is 0.131. The van der Waals surface area contributed by atoms with Crippen LogP contribution in [0.3, 0.4) is 0 Å². The van der Waals surface area contributed by atoms with Crippen molar-refractivity contribution in [3.63, 3.8) is 0 Å². The third-order valence-corrected chi connectivity index (χ3v) is 5.13. The molecule has 0 N–H and O–H groups in total. The highest BCUT2D eigenvalue weighted by Gasteiger charge is 2.28. The summed E-state index contributed by atoms with van der Waals surface area (Å²) in [5.41, 5.74) is 3.64. The SMILES string of the molecule is CN(C(=O)CCc1ncc(-c2ccccc2)o1)[C@@H]1CCc2ccccc21. The van der Waals surface area contributed by atoms with Gasteiger partial charge in [0, 0.05) is 25.5 Å². The molecule has 1 aliphatic carbocycles. The monoisotopic (exact) mass is 346 g/mol. The zero-order chi connectivity index (χ0) is 17.9. The van der Waals surface area contributed by atoms with E-state index in [1.165, 1.54) is 11.1 Å². The molecule has 26 heavy (non-hydrogen) atoms. The summed E-state index contributed by atoms with van der Waals surface area (Å²) >= 11 is 0. The lowest BCUT2D eigenvalue weighted by Gasteiger charge is -2.25. The Morgan fingerprint density at radius 1 is 1.15 bits per heavy atom. The Hall–Kier alpha value is -2.88. The van der Waals surface area contributed by atoms with E-state index >= 15 is 0 Å². The van der Waals surface area contributed by atoms with Gasteiger partial charge in [0.1, 0.15) is 0 Å². The van der Waals surface area contributed by atoms with Crippen LogP contribution in [0.15, 0.2) is 65.2 Å². The summed E-state index contributed by atoms with van der Waals surface area (Å²) in [6, 6.07) is 18.5. The average Bonchev–Trinajstić information content (AvgIpc) is 3.33. The maximum absolute atomic E-state index is 12.6. The lowest BCUT2D eigenvalue weighted by Crippen LogP contribution is -2.30. The highest BCUT2D eigenvalue weighted by Crippen LogP contribution is 2.35. The van der Waals surface area contributed by atoms with Crippen LogP contribution in [-0.2, 0) is 17.6 Å². The number of oxazole rings is 1. The van der Waals surface area contributed by atoms with E-state index in [0.717, 1.165) is 24.2 Å². The molecule has 4 rings (SSSR count). The van der Waals surface area contributed by atoms with Gasteiger partial charge in [0.05, 0.1) is 12.2 Å². The Balaban J connectivity index is 1.38. The van der Waals surface area contributed by atoms with Crippen molar-refractivity contribution in [2.24, 2.45) is 0 Å². The molecule has 3 aromatic rings. The fourth-order valence-corrected chi connectivity index (χ4v) is 3.66. The largest absolute Gasteiger partial charge is 0.441 e. The predicted molar refractivity (Wildman–Crippen MR) is 101 cm³/mol. The normalized spacial score (nSPS) is 15.7. The summed E-state index contributed by atoms with van der Waals surface area (Å²) < 4.78 is 5.80. The quantitative estimate of drug-likeness (QED) is 0.687. The van der Waals surface area contributed by atoms with Gasteiger partial charge in [0.25, 0.3) is 0 Å². The third kappa shape index (κ3) is 3.27. The maximum atomic E-state index is 12.6. The number of benzene rings is 2. The maximum Gasteiger partial charge on any atom is 0.223 e. The highest BCUT2D eigenvalue weighted by atomic mass is 16.4. The van der Waals surface area contributed by atoms with Gasteiger partial charge in [0.2, 0.25) is 5.91 Å². The third-order valence-electron chi connectivity index (χ3n) is 5.13. The van der Waals surface area contributed by atoms with Gasteiger partial charge in [-0.2, -0.15) is 0 Å². The van der Waals surface area contributed by atoms with E-state index in [0.29, 0.717) is 18.7 Å². The summed E-state index contributed by atoms with van der Waals surface area (Å²) in [7, 11) is 1.90. The Kier molecular flexibility index (Phi) is 4.57. The molecule has 0 fully saturated rings. The molecule has 1 heterocycles. The molecule has 0 saturated carbocycles. The molecule has 4 heteroatoms. The van der Waals surface area contributed by atoms with Gasteiger partial charge in [-0.05, 0) is 24.0 Å². The van der Waals surface area contributed by atoms with Crippen LogP contribution in [0.1, 0.15) is 35.9 Å². The average molecular weight is 346 g/mol. The van der Waals surface area contributed by atoms with E-state index in [1.807, 2.05) is 48.3 Å². The molecule has 0 spiro atoms. The Morgan fingerprint density at radius 3 is 2.77 bits per heavy atom. The van der Waals surface area contributed by atoms with Crippen LogP contribution in [0.2, 0.25) is 0 Å². The summed E-state index contributed by atoms with van der Waals surface area (Å²) in [5.74, 6) is 1.48.